The largest absolute Gasteiger partial charge is 0.497 e. The fourth-order valence-electron chi connectivity index (χ4n) is 2.84. The normalized spacial score (nSPS) is 12.4. The number of hydrogen-bond acceptors (Lipinski definition) is 3. The first kappa shape index (κ1) is 25.2. The van der Waals surface area contributed by atoms with E-state index in [4.69, 9.17) is 38.7 Å². The second-order valence-corrected chi connectivity index (χ2v) is 8.67. The van der Waals surface area contributed by atoms with E-state index in [-0.39, 0.29) is 0 Å². The van der Waals surface area contributed by atoms with E-state index in [1.54, 1.807) is 31.4 Å². The van der Waals surface area contributed by atoms with E-state index in [1.165, 1.54) is 5.56 Å². The smallest absolute Gasteiger partial charge is 0.147 e. The lowest BCUT2D eigenvalue weighted by Gasteiger charge is -2.15. The lowest BCUT2D eigenvalue weighted by atomic mass is 9.91. The Kier molecular flexibility index (Phi) is 10.6. The molecule has 0 fully saturated rings. The Labute approximate surface area is 201 Å². The third-order valence-corrected chi connectivity index (χ3v) is 6.02. The molecule has 0 radical (unpaired) electrons. The third-order valence-electron chi connectivity index (χ3n) is 4.47. The van der Waals surface area contributed by atoms with E-state index < -0.39 is 10.0 Å². The molecule has 162 valence electrons. The summed E-state index contributed by atoms with van der Waals surface area (Å²) < 4.78 is 15.6. The molecular formula is C26H21Cl2NO2S. The van der Waals surface area contributed by atoms with Crippen molar-refractivity contribution in [2.45, 2.75) is 17.7 Å². The Morgan fingerprint density at radius 2 is 1.59 bits per heavy atom. The fourth-order valence-corrected chi connectivity index (χ4v) is 3.73. The van der Waals surface area contributed by atoms with Gasteiger partial charge in [0.05, 0.1) is 17.6 Å². The number of terminal acetylenes is 1. The van der Waals surface area contributed by atoms with Crippen LogP contribution >= 0.6 is 22.3 Å². The quantitative estimate of drug-likeness (QED) is 0.301. The van der Waals surface area contributed by atoms with Crippen molar-refractivity contribution in [1.29, 1.82) is 5.26 Å². The minimum atomic E-state index is -1.42. The maximum Gasteiger partial charge on any atom is 0.147 e. The molecule has 1 aliphatic rings. The molecule has 0 aliphatic heterocycles. The number of ether oxygens (including phenoxy) is 1. The standard InChI is InChI=1S/C11H8ClN.C8H6.C7H7ClO2S/c12-11-6-5-8-3-1-2-4-9(8)10(11)7-13;1-2-8-6-4-3-5-7-8;1-10-6-2-4-7(5-3-6)11(8)9/h1-4H,5-6H2;1,3-7H;2-5H,1H3. The molecule has 0 N–H and O–H groups in total. The van der Waals surface area contributed by atoms with Crippen molar-refractivity contribution in [2.24, 2.45) is 0 Å². The van der Waals surface area contributed by atoms with Crippen molar-refractivity contribution in [3.05, 3.63) is 101 Å². The van der Waals surface area contributed by atoms with Gasteiger partial charge in [-0.15, -0.1) is 6.42 Å². The van der Waals surface area contributed by atoms with E-state index in [0.29, 0.717) is 15.5 Å². The average molecular weight is 482 g/mol. The Balaban J connectivity index is 0.000000175. The van der Waals surface area contributed by atoms with E-state index in [9.17, 15) is 4.21 Å². The fraction of sp³-hybridized carbons (Fsp3) is 0.115. The Hall–Kier alpha value is -3.02. The van der Waals surface area contributed by atoms with Crippen LogP contribution in [0.1, 0.15) is 23.1 Å². The Bertz CT molecular complexity index is 1160. The number of nitrogens with zero attached hydrogens (tertiary/aromatic N) is 1. The van der Waals surface area contributed by atoms with Gasteiger partial charge in [-0.1, -0.05) is 60.0 Å². The number of nitriles is 1. The summed E-state index contributed by atoms with van der Waals surface area (Å²) in [5.41, 5.74) is 3.81. The van der Waals surface area contributed by atoms with Crippen LogP contribution in [0.25, 0.3) is 5.57 Å². The highest BCUT2D eigenvalue weighted by Gasteiger charge is 2.16. The topological polar surface area (TPSA) is 50.1 Å². The van der Waals surface area contributed by atoms with Gasteiger partial charge in [-0.3, -0.25) is 0 Å². The van der Waals surface area contributed by atoms with Gasteiger partial charge < -0.3 is 4.74 Å². The number of hydrogen-bond donors (Lipinski definition) is 0. The molecule has 0 amide bonds. The van der Waals surface area contributed by atoms with Crippen LogP contribution in [0.15, 0.2) is 88.8 Å². The number of fused-ring (bicyclic) bond motifs is 1. The minimum absolute atomic E-state index is 0.590. The highest BCUT2D eigenvalue weighted by molar-refractivity contribution is 8.08. The van der Waals surface area contributed by atoms with Gasteiger partial charge in [0.1, 0.15) is 21.8 Å². The molecule has 1 unspecified atom stereocenters. The summed E-state index contributed by atoms with van der Waals surface area (Å²) in [6.07, 6.45) is 6.84. The first-order valence-corrected chi connectivity index (χ1v) is 12.0. The van der Waals surface area contributed by atoms with E-state index in [2.05, 4.69) is 18.1 Å². The first-order valence-electron chi connectivity index (χ1n) is 9.61. The zero-order valence-electron chi connectivity index (χ0n) is 17.4. The predicted octanol–water partition coefficient (Wildman–Crippen LogP) is 6.73. The number of benzene rings is 3. The van der Waals surface area contributed by atoms with Gasteiger partial charge in [0.15, 0.2) is 0 Å². The molecule has 3 aromatic rings. The maximum atomic E-state index is 10.7. The summed E-state index contributed by atoms with van der Waals surface area (Å²) in [5, 5.41) is 9.61. The summed E-state index contributed by atoms with van der Waals surface area (Å²) in [6, 6.07) is 26.5. The van der Waals surface area contributed by atoms with E-state index in [0.717, 1.165) is 29.7 Å². The van der Waals surface area contributed by atoms with Crippen LogP contribution in [-0.2, 0) is 16.4 Å². The number of halogens is 2. The average Bonchev–Trinajstić information content (AvgIpc) is 2.85. The molecule has 4 rings (SSSR count). The van der Waals surface area contributed by atoms with Gasteiger partial charge in [0, 0.05) is 10.6 Å². The molecule has 1 aliphatic carbocycles. The molecule has 0 saturated heterocycles. The molecule has 0 bridgehead atoms. The van der Waals surface area contributed by atoms with Crippen molar-refractivity contribution in [1.82, 2.24) is 0 Å². The minimum Gasteiger partial charge on any atom is -0.497 e. The highest BCUT2D eigenvalue weighted by Crippen LogP contribution is 2.32. The van der Waals surface area contributed by atoms with Crippen LogP contribution in [0.3, 0.4) is 0 Å². The van der Waals surface area contributed by atoms with Gasteiger partial charge in [-0.25, -0.2) is 4.21 Å². The molecule has 32 heavy (non-hydrogen) atoms. The number of rotatable bonds is 2. The molecule has 3 aromatic carbocycles. The Morgan fingerprint density at radius 3 is 2.12 bits per heavy atom. The van der Waals surface area contributed by atoms with Crippen molar-refractivity contribution in [3.63, 3.8) is 0 Å². The molecule has 0 heterocycles. The zero-order valence-corrected chi connectivity index (χ0v) is 19.8. The Morgan fingerprint density at radius 1 is 0.969 bits per heavy atom. The lowest BCUT2D eigenvalue weighted by Crippen LogP contribution is -2.00. The van der Waals surface area contributed by atoms with Crippen molar-refractivity contribution in [3.8, 4) is 24.2 Å². The molecule has 1 atom stereocenters. The van der Waals surface area contributed by atoms with Gasteiger partial charge in [0.2, 0.25) is 0 Å². The van der Waals surface area contributed by atoms with Crippen LogP contribution in [0.5, 0.6) is 5.75 Å². The molecule has 0 spiro atoms. The first-order chi connectivity index (χ1) is 15.5. The summed E-state index contributed by atoms with van der Waals surface area (Å²) >= 11 is 5.97. The summed E-state index contributed by atoms with van der Waals surface area (Å²) in [7, 11) is 5.48. The van der Waals surface area contributed by atoms with E-state index >= 15 is 0 Å². The zero-order chi connectivity index (χ0) is 23.3. The van der Waals surface area contributed by atoms with Gasteiger partial charge in [-0.05, 0) is 71.0 Å². The SMILES string of the molecule is C#Cc1ccccc1.COc1ccc(S(=O)Cl)cc1.N#CC1=C(Cl)CCc2ccccc21. The highest BCUT2D eigenvalue weighted by atomic mass is 35.7. The molecular weight excluding hydrogens is 461 g/mol. The molecule has 0 saturated carbocycles. The number of allylic oxidation sites excluding steroid dienone is 2. The summed E-state index contributed by atoms with van der Waals surface area (Å²) in [5.74, 6) is 3.26. The van der Waals surface area contributed by atoms with Gasteiger partial charge in [0.25, 0.3) is 0 Å². The number of methoxy groups -OCH3 is 1. The van der Waals surface area contributed by atoms with E-state index in [1.807, 2.05) is 48.5 Å². The van der Waals surface area contributed by atoms with Crippen molar-refractivity contribution < 1.29 is 8.95 Å². The van der Waals surface area contributed by atoms with Crippen LogP contribution in [-0.4, -0.2) is 11.3 Å². The lowest BCUT2D eigenvalue weighted by molar-refractivity contribution is 0.414. The van der Waals surface area contributed by atoms with Crippen LogP contribution in [0.2, 0.25) is 0 Å². The van der Waals surface area contributed by atoms with Crippen molar-refractivity contribution >= 4 is 37.9 Å². The molecule has 6 heteroatoms. The third kappa shape index (κ3) is 7.59. The summed E-state index contributed by atoms with van der Waals surface area (Å²) in [4.78, 5) is 0.590. The van der Waals surface area contributed by atoms with Crippen LogP contribution in [0, 0.1) is 23.7 Å². The maximum absolute atomic E-state index is 10.7. The van der Waals surface area contributed by atoms with Crippen molar-refractivity contribution in [2.75, 3.05) is 7.11 Å². The molecule has 0 aromatic heterocycles. The predicted molar refractivity (Wildman–Crippen MR) is 133 cm³/mol. The monoisotopic (exact) mass is 481 g/mol. The second-order valence-electron chi connectivity index (χ2n) is 6.46. The van der Waals surface area contributed by atoms with Crippen LogP contribution < -0.4 is 4.74 Å². The van der Waals surface area contributed by atoms with Gasteiger partial charge in [-0.2, -0.15) is 5.26 Å². The second kappa shape index (κ2) is 13.4. The summed E-state index contributed by atoms with van der Waals surface area (Å²) in [6.45, 7) is 0. The molecule has 3 nitrogen and oxygen atoms in total. The van der Waals surface area contributed by atoms with Gasteiger partial charge >= 0.3 is 0 Å². The number of aryl methyl sites for hydroxylation is 1. The van der Waals surface area contributed by atoms with Crippen LogP contribution in [0.4, 0.5) is 0 Å².